The minimum absolute atomic E-state index is 0.379. The molecule has 29 heavy (non-hydrogen) atoms. The summed E-state index contributed by atoms with van der Waals surface area (Å²) < 4.78 is 13.2. The average molecular weight is 428 g/mol. The van der Waals surface area contributed by atoms with Crippen LogP contribution in [0.4, 0.5) is 0 Å². The summed E-state index contributed by atoms with van der Waals surface area (Å²) in [4.78, 5) is 21.1. The number of nitrogens with two attached hydrogens (primary N) is 2. The van der Waals surface area contributed by atoms with E-state index in [-0.39, 0.29) is 5.91 Å². The number of esters is 1. The van der Waals surface area contributed by atoms with Gasteiger partial charge in [-0.15, -0.1) is 5.10 Å². The van der Waals surface area contributed by atoms with Crippen LogP contribution in [0, 0.1) is 0 Å². The minimum Gasteiger partial charge on any atom is -0.434 e. The minimum atomic E-state index is -1.31. The van der Waals surface area contributed by atoms with Crippen LogP contribution in [0.5, 0.6) is 0 Å². The van der Waals surface area contributed by atoms with Crippen molar-refractivity contribution in [2.75, 3.05) is 6.61 Å². The summed E-state index contributed by atoms with van der Waals surface area (Å²) in [6.45, 7) is 0.671. The lowest BCUT2D eigenvalue weighted by Crippen LogP contribution is -2.62. The fourth-order valence-corrected chi connectivity index (χ4v) is 2.38. The van der Waals surface area contributed by atoms with E-state index in [0.717, 1.165) is 0 Å². The molecular formula is C17H24N4O7S. The Morgan fingerprint density at radius 2 is 1.90 bits per heavy atom. The Kier molecular flexibility index (Phi) is 10.9. The van der Waals surface area contributed by atoms with Crippen molar-refractivity contribution in [3.8, 4) is 0 Å². The predicted molar refractivity (Wildman–Crippen MR) is 102 cm³/mol. The number of carbonyl (C=O) groups excluding carboxylic acids is 2. The van der Waals surface area contributed by atoms with Crippen molar-refractivity contribution in [1.29, 1.82) is 0 Å². The number of hydrogen-bond donors (Lipinski definition) is 5. The van der Waals surface area contributed by atoms with Crippen molar-refractivity contribution < 1.29 is 34.4 Å². The molecule has 0 spiro atoms. The Morgan fingerprint density at radius 3 is 2.28 bits per heavy atom. The normalized spacial score (nSPS) is 25.5. The first-order chi connectivity index (χ1) is 13.8. The quantitative estimate of drug-likeness (QED) is 0.365. The van der Waals surface area contributed by atoms with Crippen LogP contribution in [0.3, 0.4) is 0 Å². The number of nitrogens with zero attached hydrogens (tertiary/aromatic N) is 2. The molecule has 11 nitrogen and oxygen atoms in total. The summed E-state index contributed by atoms with van der Waals surface area (Å²) in [7, 11) is 0. The smallest absolute Gasteiger partial charge is 0.304 e. The van der Waals surface area contributed by atoms with Gasteiger partial charge in [0.25, 0.3) is 0 Å². The van der Waals surface area contributed by atoms with E-state index in [2.05, 4.69) is 14.3 Å². The molecule has 1 aromatic heterocycles. The molecule has 1 unspecified atom stereocenters. The largest absolute Gasteiger partial charge is 0.434 e. The van der Waals surface area contributed by atoms with E-state index in [0.29, 0.717) is 5.56 Å². The van der Waals surface area contributed by atoms with Crippen molar-refractivity contribution in [2.45, 2.75) is 37.6 Å². The van der Waals surface area contributed by atoms with Crippen LogP contribution in [0.25, 0.3) is 0 Å². The number of aliphatic hydroxyl groups excluding tert-OH is 3. The molecule has 1 aromatic carbocycles. The number of hydrogen-bond acceptors (Lipinski definition) is 11. The third-order valence-electron chi connectivity index (χ3n) is 3.55. The Hall–Kier alpha value is -2.48. The van der Waals surface area contributed by atoms with E-state index in [1.165, 1.54) is 18.5 Å². The molecule has 7 N–H and O–H groups in total. The zero-order chi connectivity index (χ0) is 21.8. The van der Waals surface area contributed by atoms with Crippen LogP contribution in [0.15, 0.2) is 41.9 Å². The lowest BCUT2D eigenvalue weighted by atomic mass is 9.98. The fraction of sp³-hybridized carbons (Fsp3) is 0.412. The standard InChI is InChI=1S/C8H15NO6.C7H7NO.C2H2N2S/c1-3(11)14-8-5(9)7(13)6(12)4(2-10)15-8;8-7(9)6-4-2-1-3-5-6;1-2-5-4-3-1/h4-8,10,12-13H,2,9H2,1H3;1-5H,(H2,8,9);1-2H/t4-,5-,6-,7-,8?;;/m1../s1. The van der Waals surface area contributed by atoms with E-state index in [9.17, 15) is 19.8 Å². The average Bonchev–Trinajstić information content (AvgIpc) is 3.29. The molecule has 0 saturated carbocycles. The highest BCUT2D eigenvalue weighted by Crippen LogP contribution is 2.20. The van der Waals surface area contributed by atoms with Crippen LogP contribution < -0.4 is 11.5 Å². The zero-order valence-corrected chi connectivity index (χ0v) is 16.4. The first kappa shape index (κ1) is 24.6. The van der Waals surface area contributed by atoms with Gasteiger partial charge in [0, 0.05) is 17.9 Å². The molecule has 1 aliphatic rings. The maximum absolute atomic E-state index is 10.7. The van der Waals surface area contributed by atoms with Gasteiger partial charge in [-0.25, -0.2) is 0 Å². The second-order valence-electron chi connectivity index (χ2n) is 5.71. The molecular weight excluding hydrogens is 404 g/mol. The highest BCUT2D eigenvalue weighted by molar-refractivity contribution is 7.03. The number of carbonyl (C=O) groups is 2. The summed E-state index contributed by atoms with van der Waals surface area (Å²) in [5, 5.41) is 33.0. The number of benzene rings is 1. The lowest BCUT2D eigenvalue weighted by Gasteiger charge is -2.39. The number of amides is 1. The van der Waals surface area contributed by atoms with Crippen molar-refractivity contribution >= 4 is 23.4 Å². The molecule has 1 amide bonds. The van der Waals surface area contributed by atoms with Gasteiger partial charge in [0.2, 0.25) is 12.2 Å². The van der Waals surface area contributed by atoms with Crippen LogP contribution in [-0.4, -0.2) is 74.0 Å². The number of ether oxygens (including phenoxy) is 2. The van der Waals surface area contributed by atoms with Crippen LogP contribution >= 0.6 is 11.5 Å². The van der Waals surface area contributed by atoms with Crippen molar-refractivity contribution in [1.82, 2.24) is 9.59 Å². The number of rotatable bonds is 3. The van der Waals surface area contributed by atoms with E-state index in [4.69, 9.17) is 21.3 Å². The topological polar surface area (TPSA) is 191 Å². The first-order valence-electron chi connectivity index (χ1n) is 8.39. The monoisotopic (exact) mass is 428 g/mol. The molecule has 1 aliphatic heterocycles. The summed E-state index contributed by atoms with van der Waals surface area (Å²) in [6.07, 6.45) is -3.11. The molecule has 3 rings (SSSR count). The highest BCUT2D eigenvalue weighted by Gasteiger charge is 2.43. The van der Waals surface area contributed by atoms with E-state index in [1.807, 2.05) is 11.4 Å². The van der Waals surface area contributed by atoms with E-state index < -0.39 is 43.2 Å². The van der Waals surface area contributed by atoms with Gasteiger partial charge in [0.05, 0.1) is 18.8 Å². The van der Waals surface area contributed by atoms with Gasteiger partial charge >= 0.3 is 5.97 Å². The number of aromatic nitrogens is 2. The summed E-state index contributed by atoms with van der Waals surface area (Å²) in [5.74, 6) is -0.994. The van der Waals surface area contributed by atoms with Crippen molar-refractivity contribution in [2.24, 2.45) is 11.5 Å². The summed E-state index contributed by atoms with van der Waals surface area (Å²) >= 11 is 1.35. The molecule has 2 heterocycles. The Balaban J connectivity index is 0.000000251. The third-order valence-corrected chi connectivity index (χ3v) is 3.98. The van der Waals surface area contributed by atoms with Crippen LogP contribution in [0.1, 0.15) is 17.3 Å². The fourth-order valence-electron chi connectivity index (χ4n) is 2.11. The van der Waals surface area contributed by atoms with Gasteiger partial charge in [0.15, 0.2) is 0 Å². The van der Waals surface area contributed by atoms with E-state index >= 15 is 0 Å². The van der Waals surface area contributed by atoms with Gasteiger partial charge in [0.1, 0.15) is 18.3 Å². The molecule has 1 fully saturated rings. The molecule has 0 bridgehead atoms. The molecule has 2 aromatic rings. The van der Waals surface area contributed by atoms with Gasteiger partial charge in [-0.2, -0.15) is 0 Å². The Morgan fingerprint density at radius 1 is 1.24 bits per heavy atom. The predicted octanol–water partition coefficient (Wildman–Crippen LogP) is -1.36. The summed E-state index contributed by atoms with van der Waals surface area (Å²) in [6, 6.07) is 7.73. The Labute approximate surface area is 171 Å². The number of aliphatic hydroxyl groups is 3. The highest BCUT2D eigenvalue weighted by atomic mass is 32.1. The Bertz CT molecular complexity index is 701. The van der Waals surface area contributed by atoms with Crippen LogP contribution in [-0.2, 0) is 14.3 Å². The van der Waals surface area contributed by atoms with Gasteiger partial charge in [-0.3, -0.25) is 9.59 Å². The molecule has 0 radical (unpaired) electrons. The molecule has 1 saturated heterocycles. The van der Waals surface area contributed by atoms with Gasteiger partial charge < -0.3 is 36.3 Å². The van der Waals surface area contributed by atoms with Gasteiger partial charge in [-0.1, -0.05) is 22.7 Å². The van der Waals surface area contributed by atoms with Crippen molar-refractivity contribution in [3.05, 3.63) is 47.5 Å². The summed E-state index contributed by atoms with van der Waals surface area (Å²) in [5.41, 5.74) is 11.0. The molecule has 12 heteroatoms. The van der Waals surface area contributed by atoms with E-state index in [1.54, 1.807) is 30.5 Å². The third kappa shape index (κ3) is 8.60. The van der Waals surface area contributed by atoms with Gasteiger partial charge in [-0.05, 0) is 23.7 Å². The maximum Gasteiger partial charge on any atom is 0.304 e. The number of primary amides is 1. The van der Waals surface area contributed by atoms with Crippen LogP contribution in [0.2, 0.25) is 0 Å². The SMILES string of the molecule is CC(=O)OC1O[C@H](CO)[C@@H](O)[C@H](O)[C@H]1N.NC(=O)c1ccccc1.c1csnn1. The zero-order valence-electron chi connectivity index (χ0n) is 15.6. The maximum atomic E-state index is 10.7. The second-order valence-corrected chi connectivity index (χ2v) is 6.36. The lowest BCUT2D eigenvalue weighted by molar-refractivity contribution is -0.258. The second kappa shape index (κ2) is 12.9. The molecule has 5 atom stereocenters. The first-order valence-corrected chi connectivity index (χ1v) is 9.22. The molecule has 160 valence electrons. The van der Waals surface area contributed by atoms with Crippen molar-refractivity contribution in [3.63, 3.8) is 0 Å². The molecule has 0 aliphatic carbocycles.